The molecule has 4 heteroatoms. The van der Waals surface area contributed by atoms with Gasteiger partial charge in [0.2, 0.25) is 0 Å². The summed E-state index contributed by atoms with van der Waals surface area (Å²) >= 11 is 3.61. The summed E-state index contributed by atoms with van der Waals surface area (Å²) in [7, 11) is 0. The third kappa shape index (κ3) is 4.91. The largest absolute Gasteiger partial charge is 0.208 e. The molecule has 0 aliphatic carbocycles. The lowest BCUT2D eigenvalue weighted by Gasteiger charge is -2.14. The maximum absolute atomic E-state index is 4.90. The first kappa shape index (κ1) is 24.0. The van der Waals surface area contributed by atoms with E-state index in [1.54, 1.807) is 0 Å². The smallest absolute Gasteiger partial charge is 0.164 e. The molecule has 3 nitrogen and oxygen atoms in total. The van der Waals surface area contributed by atoms with E-state index in [1.807, 2.05) is 66.7 Å². The number of rotatable bonds is 5. The Hall–Kier alpha value is -4.41. The van der Waals surface area contributed by atoms with Crippen LogP contribution in [0.1, 0.15) is 5.56 Å². The Bertz CT molecular complexity index is 1670. The van der Waals surface area contributed by atoms with Crippen molar-refractivity contribution in [3.05, 3.63) is 137 Å². The third-order valence-electron chi connectivity index (χ3n) is 6.60. The maximum Gasteiger partial charge on any atom is 0.164 e. The van der Waals surface area contributed by atoms with E-state index in [-0.39, 0.29) is 0 Å². The molecule has 0 bridgehead atoms. The molecule has 0 N–H and O–H groups in total. The van der Waals surface area contributed by atoms with Gasteiger partial charge in [0.15, 0.2) is 17.5 Å². The van der Waals surface area contributed by atoms with Gasteiger partial charge < -0.3 is 0 Å². The molecule has 1 aromatic heterocycles. The molecule has 0 radical (unpaired) electrons. The van der Waals surface area contributed by atoms with Crippen LogP contribution in [-0.4, -0.2) is 15.0 Å². The standard InChI is InChI=1S/C34H24BrN3/c1-23-30(19-10-20-31(23)27-16-9-18-29(35)22-27)26-15-8-17-28(21-26)34-37-32(24-11-4-2-5-12-24)36-33(38-34)25-13-6-3-7-14-25/h2-22H,1H3. The van der Waals surface area contributed by atoms with Gasteiger partial charge in [-0.2, -0.15) is 0 Å². The minimum absolute atomic E-state index is 0.653. The summed E-state index contributed by atoms with van der Waals surface area (Å²) in [6, 6.07) is 43.5. The first-order chi connectivity index (χ1) is 18.7. The van der Waals surface area contributed by atoms with Crippen molar-refractivity contribution >= 4 is 15.9 Å². The summed E-state index contributed by atoms with van der Waals surface area (Å²) in [6.07, 6.45) is 0. The molecule has 6 rings (SSSR count). The van der Waals surface area contributed by atoms with Crippen LogP contribution in [0.3, 0.4) is 0 Å². The molecule has 1 heterocycles. The van der Waals surface area contributed by atoms with Crippen LogP contribution >= 0.6 is 15.9 Å². The van der Waals surface area contributed by atoms with Gasteiger partial charge in [0, 0.05) is 21.2 Å². The summed E-state index contributed by atoms with van der Waals surface area (Å²) in [5, 5.41) is 0. The monoisotopic (exact) mass is 553 g/mol. The highest BCUT2D eigenvalue weighted by Crippen LogP contribution is 2.34. The number of halogens is 1. The molecule has 0 saturated heterocycles. The van der Waals surface area contributed by atoms with E-state index in [4.69, 9.17) is 15.0 Å². The average molecular weight is 554 g/mol. The molecule has 0 unspecified atom stereocenters. The van der Waals surface area contributed by atoms with Crippen molar-refractivity contribution in [3.8, 4) is 56.4 Å². The quantitative estimate of drug-likeness (QED) is 0.213. The van der Waals surface area contributed by atoms with Gasteiger partial charge in [-0.15, -0.1) is 0 Å². The zero-order valence-electron chi connectivity index (χ0n) is 20.8. The van der Waals surface area contributed by atoms with Crippen LogP contribution in [-0.2, 0) is 0 Å². The van der Waals surface area contributed by atoms with Crippen LogP contribution < -0.4 is 0 Å². The highest BCUT2D eigenvalue weighted by Gasteiger charge is 2.14. The van der Waals surface area contributed by atoms with Gasteiger partial charge in [-0.25, -0.2) is 15.0 Å². The van der Waals surface area contributed by atoms with Crippen molar-refractivity contribution in [2.45, 2.75) is 6.92 Å². The van der Waals surface area contributed by atoms with Crippen LogP contribution in [0.25, 0.3) is 56.4 Å². The molecule has 0 aliphatic heterocycles. The number of hydrogen-bond donors (Lipinski definition) is 0. The molecule has 0 spiro atoms. The molecule has 182 valence electrons. The van der Waals surface area contributed by atoms with Crippen LogP contribution in [0, 0.1) is 6.92 Å². The lowest BCUT2D eigenvalue weighted by Crippen LogP contribution is -2.00. The fraction of sp³-hybridized carbons (Fsp3) is 0.0294. The first-order valence-corrected chi connectivity index (χ1v) is 13.3. The van der Waals surface area contributed by atoms with Gasteiger partial charge in [0.05, 0.1) is 0 Å². The van der Waals surface area contributed by atoms with Crippen molar-refractivity contribution in [1.82, 2.24) is 15.0 Å². The Labute approximate surface area is 231 Å². The van der Waals surface area contributed by atoms with Crippen molar-refractivity contribution < 1.29 is 0 Å². The van der Waals surface area contributed by atoms with Gasteiger partial charge in [0.25, 0.3) is 0 Å². The second-order valence-corrected chi connectivity index (χ2v) is 10.0. The van der Waals surface area contributed by atoms with Crippen LogP contribution in [0.2, 0.25) is 0 Å². The van der Waals surface area contributed by atoms with E-state index in [0.717, 1.165) is 26.7 Å². The molecule has 0 aliphatic rings. The zero-order valence-corrected chi connectivity index (χ0v) is 22.4. The second kappa shape index (κ2) is 10.5. The molecule has 5 aromatic carbocycles. The second-order valence-electron chi connectivity index (χ2n) is 9.11. The highest BCUT2D eigenvalue weighted by atomic mass is 79.9. The van der Waals surface area contributed by atoms with Crippen molar-refractivity contribution in [2.75, 3.05) is 0 Å². The van der Waals surface area contributed by atoms with E-state index in [0.29, 0.717) is 17.5 Å². The van der Waals surface area contributed by atoms with Crippen LogP contribution in [0.5, 0.6) is 0 Å². The summed E-state index contributed by atoms with van der Waals surface area (Å²) < 4.78 is 1.07. The zero-order chi connectivity index (χ0) is 25.9. The number of aromatic nitrogens is 3. The van der Waals surface area contributed by atoms with Gasteiger partial charge in [0.1, 0.15) is 0 Å². The molecular formula is C34H24BrN3. The fourth-order valence-electron chi connectivity index (χ4n) is 4.68. The Kier molecular flexibility index (Phi) is 6.63. The third-order valence-corrected chi connectivity index (χ3v) is 7.09. The highest BCUT2D eigenvalue weighted by molar-refractivity contribution is 9.10. The van der Waals surface area contributed by atoms with Crippen LogP contribution in [0.15, 0.2) is 132 Å². The molecular weight excluding hydrogens is 530 g/mol. The Morgan fingerprint density at radius 1 is 0.421 bits per heavy atom. The van der Waals surface area contributed by atoms with E-state index in [1.165, 1.54) is 22.3 Å². The Balaban J connectivity index is 1.47. The number of benzene rings is 5. The molecule has 0 fully saturated rings. The Morgan fingerprint density at radius 2 is 0.842 bits per heavy atom. The minimum atomic E-state index is 0.653. The number of nitrogens with zero attached hydrogens (tertiary/aromatic N) is 3. The first-order valence-electron chi connectivity index (χ1n) is 12.5. The average Bonchev–Trinajstić information content (AvgIpc) is 2.98. The normalized spacial score (nSPS) is 10.9. The van der Waals surface area contributed by atoms with Gasteiger partial charge in [-0.3, -0.25) is 0 Å². The summed E-state index contributed by atoms with van der Waals surface area (Å²) in [6.45, 7) is 2.18. The van der Waals surface area contributed by atoms with Crippen molar-refractivity contribution in [2.24, 2.45) is 0 Å². The number of hydrogen-bond acceptors (Lipinski definition) is 3. The van der Waals surface area contributed by atoms with E-state index in [2.05, 4.69) is 83.5 Å². The SMILES string of the molecule is Cc1c(-c2cccc(Br)c2)cccc1-c1cccc(-c2nc(-c3ccccc3)nc(-c3ccccc3)n2)c1. The summed E-state index contributed by atoms with van der Waals surface area (Å²) in [4.78, 5) is 14.6. The molecule has 0 atom stereocenters. The lowest BCUT2D eigenvalue weighted by atomic mass is 9.92. The fourth-order valence-corrected chi connectivity index (χ4v) is 5.08. The minimum Gasteiger partial charge on any atom is -0.208 e. The molecule has 0 saturated carbocycles. The van der Waals surface area contributed by atoms with Gasteiger partial charge in [-0.1, -0.05) is 125 Å². The molecule has 38 heavy (non-hydrogen) atoms. The molecule has 6 aromatic rings. The van der Waals surface area contributed by atoms with Gasteiger partial charge >= 0.3 is 0 Å². The maximum atomic E-state index is 4.90. The predicted molar refractivity (Wildman–Crippen MR) is 159 cm³/mol. The van der Waals surface area contributed by atoms with E-state index in [9.17, 15) is 0 Å². The topological polar surface area (TPSA) is 38.7 Å². The Morgan fingerprint density at radius 3 is 1.39 bits per heavy atom. The summed E-state index contributed by atoms with van der Waals surface area (Å²) in [5.41, 5.74) is 8.81. The van der Waals surface area contributed by atoms with Crippen molar-refractivity contribution in [1.29, 1.82) is 0 Å². The van der Waals surface area contributed by atoms with Gasteiger partial charge in [-0.05, 0) is 52.9 Å². The van der Waals surface area contributed by atoms with Crippen molar-refractivity contribution in [3.63, 3.8) is 0 Å². The van der Waals surface area contributed by atoms with E-state index < -0.39 is 0 Å². The summed E-state index contributed by atoms with van der Waals surface area (Å²) in [5.74, 6) is 1.97. The lowest BCUT2D eigenvalue weighted by molar-refractivity contribution is 1.07. The predicted octanol–water partition coefficient (Wildman–Crippen LogP) is 9.28. The molecule has 0 amide bonds. The van der Waals surface area contributed by atoms with Crippen LogP contribution in [0.4, 0.5) is 0 Å². The van der Waals surface area contributed by atoms with E-state index >= 15 is 0 Å².